The van der Waals surface area contributed by atoms with Crippen LogP contribution in [0.15, 0.2) is 61.1 Å². The molecule has 0 bridgehead atoms. The summed E-state index contributed by atoms with van der Waals surface area (Å²) in [6, 6.07) is 14.1. The van der Waals surface area contributed by atoms with Gasteiger partial charge in [0.25, 0.3) is 0 Å². The Hall–Kier alpha value is -3.32. The van der Waals surface area contributed by atoms with Gasteiger partial charge in [0.05, 0.1) is 11.1 Å². The predicted molar refractivity (Wildman–Crippen MR) is 125 cm³/mol. The van der Waals surface area contributed by atoms with Crippen LogP contribution in [-0.2, 0) is 6.54 Å². The van der Waals surface area contributed by atoms with Gasteiger partial charge in [0.2, 0.25) is 0 Å². The van der Waals surface area contributed by atoms with Crippen molar-refractivity contribution in [1.82, 2.24) is 19.4 Å². The van der Waals surface area contributed by atoms with E-state index in [2.05, 4.69) is 44.0 Å². The lowest BCUT2D eigenvalue weighted by molar-refractivity contribution is 0.249. The van der Waals surface area contributed by atoms with Crippen LogP contribution in [0.5, 0.6) is 0 Å². The van der Waals surface area contributed by atoms with E-state index < -0.39 is 11.6 Å². The standard InChI is InChI=1S/C26H25F2N5/c27-20-12-21(28)14-22(13-20)33-16-23(19-6-7-19)24-25(29-17-30-26(24)33)32-10-8-31(9-11-32)15-18-4-2-1-3-5-18/h1-5,12-14,16-17,19H,6-11,15H2. The topological polar surface area (TPSA) is 37.2 Å². The number of aromatic nitrogens is 3. The summed E-state index contributed by atoms with van der Waals surface area (Å²) in [6.45, 7) is 4.61. The van der Waals surface area contributed by atoms with Crippen molar-refractivity contribution in [3.8, 4) is 5.69 Å². The maximum Gasteiger partial charge on any atom is 0.150 e. The zero-order valence-electron chi connectivity index (χ0n) is 18.3. The van der Waals surface area contributed by atoms with Crippen LogP contribution in [0.25, 0.3) is 16.7 Å². The Morgan fingerprint density at radius 2 is 1.61 bits per heavy atom. The number of benzene rings is 2. The molecule has 33 heavy (non-hydrogen) atoms. The molecule has 0 radical (unpaired) electrons. The van der Waals surface area contributed by atoms with Gasteiger partial charge in [-0.15, -0.1) is 0 Å². The first kappa shape index (κ1) is 20.3. The minimum atomic E-state index is -0.594. The molecular formula is C26H25F2N5. The highest BCUT2D eigenvalue weighted by Gasteiger charge is 2.31. The third kappa shape index (κ3) is 3.97. The molecule has 5 nitrogen and oxygen atoms in total. The van der Waals surface area contributed by atoms with Gasteiger partial charge >= 0.3 is 0 Å². The highest BCUT2D eigenvalue weighted by Crippen LogP contribution is 2.46. The van der Waals surface area contributed by atoms with Gasteiger partial charge < -0.3 is 9.47 Å². The van der Waals surface area contributed by atoms with Crippen molar-refractivity contribution in [3.05, 3.63) is 83.8 Å². The summed E-state index contributed by atoms with van der Waals surface area (Å²) in [5.74, 6) is 0.195. The third-order valence-corrected chi connectivity index (χ3v) is 6.66. The molecule has 0 unspecified atom stereocenters. The van der Waals surface area contributed by atoms with Crippen LogP contribution in [0.4, 0.5) is 14.6 Å². The molecular weight excluding hydrogens is 420 g/mol. The van der Waals surface area contributed by atoms with E-state index in [9.17, 15) is 8.78 Å². The van der Waals surface area contributed by atoms with Crippen molar-refractivity contribution in [2.24, 2.45) is 0 Å². The summed E-state index contributed by atoms with van der Waals surface area (Å²) in [4.78, 5) is 14.0. The van der Waals surface area contributed by atoms with Crippen LogP contribution >= 0.6 is 0 Å². The Balaban J connectivity index is 1.33. The average molecular weight is 446 g/mol. The zero-order chi connectivity index (χ0) is 22.4. The zero-order valence-corrected chi connectivity index (χ0v) is 18.3. The Morgan fingerprint density at radius 1 is 0.879 bits per heavy atom. The number of fused-ring (bicyclic) bond motifs is 1. The van der Waals surface area contributed by atoms with Crippen LogP contribution in [0.2, 0.25) is 0 Å². The molecule has 0 amide bonds. The number of anilines is 1. The number of rotatable bonds is 5. The fourth-order valence-corrected chi connectivity index (χ4v) is 4.85. The summed E-state index contributed by atoms with van der Waals surface area (Å²) in [5.41, 5.74) is 3.66. The molecule has 1 saturated heterocycles. The number of hydrogen-bond acceptors (Lipinski definition) is 4. The van der Waals surface area contributed by atoms with Gasteiger partial charge in [-0.1, -0.05) is 30.3 Å². The first-order valence-electron chi connectivity index (χ1n) is 11.5. The Labute approximate surface area is 191 Å². The van der Waals surface area contributed by atoms with Crippen LogP contribution < -0.4 is 4.90 Å². The van der Waals surface area contributed by atoms with Gasteiger partial charge in [-0.3, -0.25) is 4.90 Å². The molecule has 7 heteroatoms. The van der Waals surface area contributed by atoms with Crippen molar-refractivity contribution < 1.29 is 8.78 Å². The summed E-state index contributed by atoms with van der Waals surface area (Å²) >= 11 is 0. The molecule has 1 saturated carbocycles. The monoisotopic (exact) mass is 445 g/mol. The molecule has 2 aromatic carbocycles. The van der Waals surface area contributed by atoms with Crippen molar-refractivity contribution >= 4 is 16.9 Å². The number of nitrogens with zero attached hydrogens (tertiary/aromatic N) is 5. The van der Waals surface area contributed by atoms with Crippen LogP contribution in [0, 0.1) is 11.6 Å². The van der Waals surface area contributed by atoms with Crippen LogP contribution in [0.1, 0.15) is 29.9 Å². The van der Waals surface area contributed by atoms with E-state index in [0.717, 1.165) is 62.8 Å². The minimum Gasteiger partial charge on any atom is -0.353 e. The van der Waals surface area contributed by atoms with E-state index >= 15 is 0 Å². The summed E-state index contributed by atoms with van der Waals surface area (Å²) in [5, 5.41) is 1.01. The van der Waals surface area contributed by atoms with Gasteiger partial charge in [-0.2, -0.15) is 0 Å². The Kier molecular flexibility index (Phi) is 5.06. The molecule has 168 valence electrons. The summed E-state index contributed by atoms with van der Waals surface area (Å²) in [7, 11) is 0. The summed E-state index contributed by atoms with van der Waals surface area (Å²) < 4.78 is 29.7. The number of halogens is 2. The van der Waals surface area contributed by atoms with E-state index in [4.69, 9.17) is 0 Å². The molecule has 0 atom stereocenters. The second-order valence-electron chi connectivity index (χ2n) is 9.00. The normalized spacial score (nSPS) is 17.1. The van der Waals surface area contributed by atoms with Crippen molar-refractivity contribution in [2.75, 3.05) is 31.1 Å². The lowest BCUT2D eigenvalue weighted by atomic mass is 10.1. The average Bonchev–Trinajstić information content (AvgIpc) is 3.59. The van der Waals surface area contributed by atoms with Crippen LogP contribution in [0.3, 0.4) is 0 Å². The fourth-order valence-electron chi connectivity index (χ4n) is 4.85. The van der Waals surface area contributed by atoms with Gasteiger partial charge in [0.1, 0.15) is 29.4 Å². The van der Waals surface area contributed by atoms with E-state index in [-0.39, 0.29) is 0 Å². The molecule has 2 aromatic heterocycles. The van der Waals surface area contributed by atoms with Gasteiger partial charge in [0, 0.05) is 45.0 Å². The quantitative estimate of drug-likeness (QED) is 0.438. The van der Waals surface area contributed by atoms with Gasteiger partial charge in [0.15, 0.2) is 0 Å². The molecule has 2 fully saturated rings. The maximum atomic E-state index is 14.0. The smallest absolute Gasteiger partial charge is 0.150 e. The predicted octanol–water partition coefficient (Wildman–Crippen LogP) is 4.90. The molecule has 2 aliphatic rings. The van der Waals surface area contributed by atoms with Crippen molar-refractivity contribution in [3.63, 3.8) is 0 Å². The van der Waals surface area contributed by atoms with Crippen LogP contribution in [-0.4, -0.2) is 45.6 Å². The third-order valence-electron chi connectivity index (χ3n) is 6.66. The number of piperazine rings is 1. The lowest BCUT2D eigenvalue weighted by Gasteiger charge is -2.35. The number of hydrogen-bond donors (Lipinski definition) is 0. The van der Waals surface area contributed by atoms with Gasteiger partial charge in [-0.05, 0) is 42.0 Å². The first-order valence-corrected chi connectivity index (χ1v) is 11.5. The second kappa shape index (κ2) is 8.23. The van der Waals surface area contributed by atoms with Crippen molar-refractivity contribution in [2.45, 2.75) is 25.3 Å². The maximum absolute atomic E-state index is 14.0. The fraction of sp³-hybridized carbons (Fsp3) is 0.308. The molecule has 6 rings (SSSR count). The molecule has 4 aromatic rings. The van der Waals surface area contributed by atoms with E-state index in [0.29, 0.717) is 17.3 Å². The second-order valence-corrected chi connectivity index (χ2v) is 9.00. The summed E-state index contributed by atoms with van der Waals surface area (Å²) in [6.07, 6.45) is 5.81. The SMILES string of the molecule is Fc1cc(F)cc(-n2cc(C3CC3)c3c(N4CCN(Cc5ccccc5)CC4)ncnc32)c1. The Morgan fingerprint density at radius 3 is 2.30 bits per heavy atom. The molecule has 0 spiro atoms. The highest BCUT2D eigenvalue weighted by atomic mass is 19.1. The van der Waals surface area contributed by atoms with Gasteiger partial charge in [-0.25, -0.2) is 18.7 Å². The molecule has 1 aliphatic heterocycles. The first-order chi connectivity index (χ1) is 16.2. The van der Waals surface area contributed by atoms with E-state index in [1.54, 1.807) is 6.33 Å². The van der Waals surface area contributed by atoms with E-state index in [1.165, 1.54) is 23.3 Å². The molecule has 0 N–H and O–H groups in total. The molecule has 3 heterocycles. The highest BCUT2D eigenvalue weighted by molar-refractivity contribution is 5.93. The Bertz CT molecular complexity index is 1270. The lowest BCUT2D eigenvalue weighted by Crippen LogP contribution is -2.46. The minimum absolute atomic E-state index is 0.446. The van der Waals surface area contributed by atoms with Crippen molar-refractivity contribution in [1.29, 1.82) is 0 Å². The van der Waals surface area contributed by atoms with E-state index in [1.807, 2.05) is 16.8 Å². The molecule has 1 aliphatic carbocycles. The largest absolute Gasteiger partial charge is 0.353 e.